The summed E-state index contributed by atoms with van der Waals surface area (Å²) in [6.07, 6.45) is 2.35. The minimum atomic E-state index is -1.14. The largest absolute Gasteiger partial charge is 0.387 e. The molecule has 1 aromatic heterocycles. The number of aliphatic hydroxyl groups is 2. The second-order valence-electron chi connectivity index (χ2n) is 4.31. The van der Waals surface area contributed by atoms with Crippen LogP contribution in [0, 0.1) is 0 Å². The van der Waals surface area contributed by atoms with Crippen LogP contribution in [-0.2, 0) is 6.54 Å². The molecule has 0 aliphatic rings. The van der Waals surface area contributed by atoms with Gasteiger partial charge in [-0.25, -0.2) is 0 Å². The Morgan fingerprint density at radius 1 is 1.41 bits per heavy atom. The van der Waals surface area contributed by atoms with Crippen LogP contribution in [-0.4, -0.2) is 25.6 Å². The average Bonchev–Trinajstić information content (AvgIpc) is 2.69. The predicted octanol–water partition coefficient (Wildman–Crippen LogP) is 2.53. The molecule has 0 amide bonds. The van der Waals surface area contributed by atoms with Gasteiger partial charge >= 0.3 is 0 Å². The molecule has 0 saturated heterocycles. The minimum absolute atomic E-state index is 0.409. The summed E-state index contributed by atoms with van der Waals surface area (Å²) >= 11 is 6.04. The van der Waals surface area contributed by atoms with Gasteiger partial charge in [-0.05, 0) is 19.3 Å². The number of nitrogens with zero attached hydrogens (tertiary/aromatic N) is 2. The van der Waals surface area contributed by atoms with E-state index in [9.17, 15) is 10.2 Å². The lowest BCUT2D eigenvalue weighted by Gasteiger charge is -2.31. The number of aromatic nitrogens is 2. The van der Waals surface area contributed by atoms with Crippen molar-refractivity contribution in [2.24, 2.45) is 0 Å². The van der Waals surface area contributed by atoms with Crippen LogP contribution in [0.3, 0.4) is 0 Å². The summed E-state index contributed by atoms with van der Waals surface area (Å²) < 4.78 is 1.67. The van der Waals surface area contributed by atoms with Crippen molar-refractivity contribution < 1.29 is 10.2 Å². The molecule has 17 heavy (non-hydrogen) atoms. The first-order valence-electron chi connectivity index (χ1n) is 6.11. The third kappa shape index (κ3) is 2.81. The molecule has 0 bridgehead atoms. The van der Waals surface area contributed by atoms with Gasteiger partial charge in [0.25, 0.3) is 0 Å². The van der Waals surface area contributed by atoms with Crippen molar-refractivity contribution in [3.05, 3.63) is 16.9 Å². The summed E-state index contributed by atoms with van der Waals surface area (Å²) in [6, 6.07) is 0. The van der Waals surface area contributed by atoms with Gasteiger partial charge in [-0.2, -0.15) is 5.10 Å². The Labute approximate surface area is 107 Å². The van der Waals surface area contributed by atoms with Crippen LogP contribution in [0.15, 0.2) is 6.20 Å². The zero-order valence-corrected chi connectivity index (χ0v) is 11.4. The van der Waals surface area contributed by atoms with E-state index in [1.54, 1.807) is 4.68 Å². The maximum absolute atomic E-state index is 10.3. The Hall–Kier alpha value is -0.580. The fraction of sp³-hybridized carbons (Fsp3) is 0.750. The monoisotopic (exact) mass is 260 g/mol. The molecule has 0 aliphatic heterocycles. The van der Waals surface area contributed by atoms with Crippen LogP contribution in [0.1, 0.15) is 51.8 Å². The second-order valence-corrected chi connectivity index (χ2v) is 4.72. The van der Waals surface area contributed by atoms with Gasteiger partial charge in [-0.1, -0.05) is 32.4 Å². The normalized spacial score (nSPS) is 14.0. The van der Waals surface area contributed by atoms with Gasteiger partial charge in [-0.15, -0.1) is 0 Å². The van der Waals surface area contributed by atoms with Crippen LogP contribution in [0.2, 0.25) is 5.02 Å². The first kappa shape index (κ1) is 14.5. The van der Waals surface area contributed by atoms with Gasteiger partial charge in [0.05, 0.1) is 22.5 Å². The van der Waals surface area contributed by atoms with E-state index in [2.05, 4.69) is 5.10 Å². The maximum Gasteiger partial charge on any atom is 0.126 e. The molecule has 1 rings (SSSR count). The van der Waals surface area contributed by atoms with Crippen LogP contribution in [0.5, 0.6) is 0 Å². The van der Waals surface area contributed by atoms with Crippen molar-refractivity contribution in [2.45, 2.75) is 58.3 Å². The molecule has 5 heteroatoms. The Kier molecular flexibility index (Phi) is 4.98. The fourth-order valence-electron chi connectivity index (χ4n) is 1.92. The Morgan fingerprint density at radius 3 is 2.47 bits per heavy atom. The number of halogens is 1. The lowest BCUT2D eigenvalue weighted by atomic mass is 9.89. The number of aryl methyl sites for hydroxylation is 1. The molecule has 0 radical (unpaired) electrons. The fourth-order valence-corrected chi connectivity index (χ4v) is 2.17. The smallest absolute Gasteiger partial charge is 0.126 e. The van der Waals surface area contributed by atoms with Crippen LogP contribution in [0.25, 0.3) is 0 Å². The van der Waals surface area contributed by atoms with Crippen molar-refractivity contribution in [3.8, 4) is 0 Å². The topological polar surface area (TPSA) is 58.3 Å². The number of aliphatic hydroxyl groups excluding tert-OH is 1. The zero-order chi connectivity index (χ0) is 13.1. The summed E-state index contributed by atoms with van der Waals surface area (Å²) in [6.45, 7) is 6.41. The van der Waals surface area contributed by atoms with Gasteiger partial charge < -0.3 is 10.2 Å². The highest BCUT2D eigenvalue weighted by atomic mass is 35.5. The molecule has 0 aliphatic carbocycles. The van der Waals surface area contributed by atoms with Crippen LogP contribution >= 0.6 is 11.6 Å². The summed E-state index contributed by atoms with van der Waals surface area (Å²) in [4.78, 5) is 0. The number of hydrogen-bond donors (Lipinski definition) is 2. The molecular formula is C12H21ClN2O2. The molecule has 1 aromatic rings. The van der Waals surface area contributed by atoms with Crippen molar-refractivity contribution in [3.63, 3.8) is 0 Å². The summed E-state index contributed by atoms with van der Waals surface area (Å²) in [5, 5.41) is 25.2. The molecule has 98 valence electrons. The molecule has 2 N–H and O–H groups in total. The van der Waals surface area contributed by atoms with Crippen molar-refractivity contribution in [1.29, 1.82) is 0 Å². The summed E-state index contributed by atoms with van der Waals surface area (Å²) in [5.74, 6) is 0. The number of rotatable bonds is 6. The van der Waals surface area contributed by atoms with E-state index in [0.717, 1.165) is 6.42 Å². The van der Waals surface area contributed by atoms with E-state index in [4.69, 9.17) is 11.6 Å². The highest BCUT2D eigenvalue weighted by Gasteiger charge is 2.36. The zero-order valence-electron chi connectivity index (χ0n) is 10.6. The van der Waals surface area contributed by atoms with E-state index in [1.165, 1.54) is 6.20 Å². The van der Waals surface area contributed by atoms with Crippen LogP contribution in [0.4, 0.5) is 0 Å². The van der Waals surface area contributed by atoms with E-state index in [1.807, 2.05) is 20.8 Å². The molecule has 4 nitrogen and oxygen atoms in total. The van der Waals surface area contributed by atoms with E-state index in [-0.39, 0.29) is 0 Å². The highest BCUT2D eigenvalue weighted by Crippen LogP contribution is 2.35. The van der Waals surface area contributed by atoms with Gasteiger partial charge in [0, 0.05) is 6.54 Å². The maximum atomic E-state index is 10.3. The van der Waals surface area contributed by atoms with E-state index in [0.29, 0.717) is 30.1 Å². The first-order chi connectivity index (χ1) is 8.00. The SMILES string of the molecule is CCCn1ncc(Cl)c1C(O)C(O)(CC)CC. The predicted molar refractivity (Wildman–Crippen MR) is 68.0 cm³/mol. The molecule has 0 saturated carbocycles. The standard InChI is InChI=1S/C12H21ClN2O2/c1-4-7-15-10(9(13)8-14-15)11(16)12(17,5-2)6-3/h8,11,16-17H,4-7H2,1-3H3. The van der Waals surface area contributed by atoms with E-state index < -0.39 is 11.7 Å². The third-order valence-corrected chi connectivity index (χ3v) is 3.55. The molecule has 1 unspecified atom stereocenters. The molecule has 1 heterocycles. The molecular weight excluding hydrogens is 240 g/mol. The van der Waals surface area contributed by atoms with Gasteiger partial charge in [0.2, 0.25) is 0 Å². The first-order valence-corrected chi connectivity index (χ1v) is 6.49. The quantitative estimate of drug-likeness (QED) is 0.826. The van der Waals surface area contributed by atoms with Crippen LogP contribution < -0.4 is 0 Å². The molecule has 0 fully saturated rings. The minimum Gasteiger partial charge on any atom is -0.387 e. The summed E-state index contributed by atoms with van der Waals surface area (Å²) in [7, 11) is 0. The molecule has 1 atom stereocenters. The molecule has 0 spiro atoms. The number of hydrogen-bond acceptors (Lipinski definition) is 3. The third-order valence-electron chi connectivity index (χ3n) is 3.26. The highest BCUT2D eigenvalue weighted by molar-refractivity contribution is 6.31. The van der Waals surface area contributed by atoms with Crippen molar-refractivity contribution >= 4 is 11.6 Å². The lowest BCUT2D eigenvalue weighted by molar-refractivity contribution is -0.0855. The van der Waals surface area contributed by atoms with Gasteiger partial charge in [-0.3, -0.25) is 4.68 Å². The Bertz CT molecular complexity index is 361. The van der Waals surface area contributed by atoms with E-state index >= 15 is 0 Å². The Balaban J connectivity index is 3.09. The average molecular weight is 261 g/mol. The Morgan fingerprint density at radius 2 is 2.00 bits per heavy atom. The second kappa shape index (κ2) is 5.85. The lowest BCUT2D eigenvalue weighted by Crippen LogP contribution is -2.36. The van der Waals surface area contributed by atoms with Gasteiger partial charge in [0.15, 0.2) is 0 Å². The van der Waals surface area contributed by atoms with Crippen molar-refractivity contribution in [2.75, 3.05) is 0 Å². The van der Waals surface area contributed by atoms with Gasteiger partial charge in [0.1, 0.15) is 6.10 Å². The summed E-state index contributed by atoms with van der Waals surface area (Å²) in [5.41, 5.74) is -0.630. The molecule has 0 aromatic carbocycles. The van der Waals surface area contributed by atoms with Crippen molar-refractivity contribution in [1.82, 2.24) is 9.78 Å².